The van der Waals surface area contributed by atoms with Gasteiger partial charge < -0.3 is 25.2 Å². The van der Waals surface area contributed by atoms with Crippen LogP contribution in [0.3, 0.4) is 0 Å². The maximum atomic E-state index is 15.2. The molecular formula is C24H32FN9O2. The summed E-state index contributed by atoms with van der Waals surface area (Å²) in [7, 11) is 2.12. The van der Waals surface area contributed by atoms with Crippen LogP contribution in [0, 0.1) is 0 Å². The van der Waals surface area contributed by atoms with E-state index in [2.05, 4.69) is 42.7 Å². The topological polar surface area (TPSA) is 116 Å². The average Bonchev–Trinajstić information content (AvgIpc) is 3.23. The lowest BCUT2D eigenvalue weighted by Gasteiger charge is -2.33. The quantitative estimate of drug-likeness (QED) is 0.476. The zero-order chi connectivity index (χ0) is 24.9. The number of amides is 1. The molecule has 192 valence electrons. The summed E-state index contributed by atoms with van der Waals surface area (Å²) in [5, 5.41) is 13.4. The van der Waals surface area contributed by atoms with E-state index in [0.717, 1.165) is 50.5 Å². The zero-order valence-electron chi connectivity index (χ0n) is 20.6. The van der Waals surface area contributed by atoms with E-state index in [0.29, 0.717) is 30.3 Å². The molecule has 3 aliphatic rings. The molecule has 2 aliphatic carbocycles. The Morgan fingerprint density at radius 2 is 2.03 bits per heavy atom. The zero-order valence-corrected chi connectivity index (χ0v) is 20.6. The molecule has 12 heteroatoms. The number of aromatic nitrogens is 5. The van der Waals surface area contributed by atoms with Gasteiger partial charge in [0.15, 0.2) is 5.82 Å². The number of alkyl halides is 1. The first-order valence-electron chi connectivity index (χ1n) is 12.6. The number of nitrogens with zero attached hydrogens (tertiary/aromatic N) is 6. The number of ether oxygens (including phenoxy) is 1. The monoisotopic (exact) mass is 497 g/mol. The molecule has 3 aromatic heterocycles. The second kappa shape index (κ2) is 8.91. The molecule has 0 aromatic carbocycles. The fourth-order valence-electron chi connectivity index (χ4n) is 5.00. The van der Waals surface area contributed by atoms with Gasteiger partial charge in [-0.15, -0.1) is 0 Å². The van der Waals surface area contributed by atoms with Crippen LogP contribution < -0.4 is 15.5 Å². The summed E-state index contributed by atoms with van der Waals surface area (Å²) >= 11 is 0. The number of carbonyl (C=O) groups is 1. The van der Waals surface area contributed by atoms with Gasteiger partial charge in [0.1, 0.15) is 23.7 Å². The molecule has 4 heterocycles. The Balaban J connectivity index is 1.15. The number of rotatable bonds is 6. The number of nitrogens with one attached hydrogen (secondary N) is 3. The minimum Gasteiger partial charge on any atom is -0.443 e. The fraction of sp³-hybridized carbons (Fsp3) is 0.583. The first kappa shape index (κ1) is 23.0. The highest BCUT2D eigenvalue weighted by Crippen LogP contribution is 2.39. The Morgan fingerprint density at radius 3 is 2.81 bits per heavy atom. The molecule has 1 amide bonds. The van der Waals surface area contributed by atoms with E-state index in [-0.39, 0.29) is 5.54 Å². The Morgan fingerprint density at radius 1 is 1.22 bits per heavy atom. The maximum absolute atomic E-state index is 15.2. The Kier molecular flexibility index (Phi) is 5.70. The molecule has 3 aromatic rings. The third kappa shape index (κ3) is 4.57. The lowest BCUT2D eigenvalue weighted by Crippen LogP contribution is -2.44. The van der Waals surface area contributed by atoms with Crippen molar-refractivity contribution in [3.63, 3.8) is 0 Å². The van der Waals surface area contributed by atoms with Crippen LogP contribution in [-0.4, -0.2) is 86.6 Å². The van der Waals surface area contributed by atoms with Crippen LogP contribution in [0.15, 0.2) is 24.5 Å². The van der Waals surface area contributed by atoms with Crippen molar-refractivity contribution in [2.24, 2.45) is 0 Å². The molecular weight excluding hydrogens is 465 g/mol. The molecule has 1 saturated heterocycles. The standard InChI is InChI=1S/C24H32FN9O2/c1-24(5-6-24)29-23(35)36-17-4-3-15(21(17)25)16-13-18(31-30-16)27-22-28-20(14-19-26-7-8-34(19)22)33-11-9-32(2)10-12-33/h7-8,13-15,17,21H,3-6,9-12H2,1-2H3,(H,29,35)(H2,27,28,30,31)/t15-,17-,21-/m1/s1. The van der Waals surface area contributed by atoms with Gasteiger partial charge in [-0.1, -0.05) is 0 Å². The van der Waals surface area contributed by atoms with Gasteiger partial charge >= 0.3 is 6.09 Å². The predicted molar refractivity (Wildman–Crippen MR) is 132 cm³/mol. The van der Waals surface area contributed by atoms with E-state index in [4.69, 9.17) is 9.72 Å². The minimum atomic E-state index is -1.30. The summed E-state index contributed by atoms with van der Waals surface area (Å²) in [5.74, 6) is 1.57. The number of alkyl carbamates (subject to hydrolysis) is 1. The summed E-state index contributed by atoms with van der Waals surface area (Å²) in [6.45, 7) is 5.71. The second-order valence-corrected chi connectivity index (χ2v) is 10.5. The van der Waals surface area contributed by atoms with Crippen LogP contribution in [0.1, 0.15) is 44.2 Å². The number of likely N-dealkylation sites (N-methyl/N-ethyl adjacent to an activating group) is 1. The number of piperazine rings is 1. The summed E-state index contributed by atoms with van der Waals surface area (Å²) in [5.41, 5.74) is 1.26. The molecule has 3 N–H and O–H groups in total. The van der Waals surface area contributed by atoms with Crippen molar-refractivity contribution < 1.29 is 13.9 Å². The molecule has 0 spiro atoms. The van der Waals surface area contributed by atoms with E-state index in [9.17, 15) is 4.79 Å². The van der Waals surface area contributed by atoms with Crippen LogP contribution in [0.5, 0.6) is 0 Å². The first-order valence-corrected chi connectivity index (χ1v) is 12.6. The summed E-state index contributed by atoms with van der Waals surface area (Å²) in [4.78, 5) is 26.0. The molecule has 0 bridgehead atoms. The van der Waals surface area contributed by atoms with E-state index in [1.165, 1.54) is 0 Å². The molecule has 6 rings (SSSR count). The van der Waals surface area contributed by atoms with Crippen LogP contribution in [0.25, 0.3) is 5.65 Å². The number of fused-ring (bicyclic) bond motifs is 1. The number of halogens is 1. The van der Waals surface area contributed by atoms with Gasteiger partial charge in [-0.3, -0.25) is 9.50 Å². The molecule has 2 saturated carbocycles. The van der Waals surface area contributed by atoms with Crippen LogP contribution in [0.2, 0.25) is 0 Å². The summed E-state index contributed by atoms with van der Waals surface area (Å²) < 4.78 is 22.5. The highest BCUT2D eigenvalue weighted by atomic mass is 19.1. The van der Waals surface area contributed by atoms with Crippen molar-refractivity contribution in [3.05, 3.63) is 30.2 Å². The summed E-state index contributed by atoms with van der Waals surface area (Å²) in [6, 6.07) is 3.79. The highest BCUT2D eigenvalue weighted by molar-refractivity contribution is 5.69. The summed E-state index contributed by atoms with van der Waals surface area (Å²) in [6.07, 6.45) is 3.88. The van der Waals surface area contributed by atoms with E-state index in [1.54, 1.807) is 12.3 Å². The predicted octanol–water partition coefficient (Wildman–Crippen LogP) is 2.81. The number of hydrogen-bond donors (Lipinski definition) is 3. The number of aromatic amines is 1. The van der Waals surface area contributed by atoms with Crippen molar-refractivity contribution in [2.75, 3.05) is 43.4 Å². The van der Waals surface area contributed by atoms with Crippen molar-refractivity contribution in [2.45, 2.75) is 56.3 Å². The number of hydrogen-bond acceptors (Lipinski definition) is 8. The van der Waals surface area contributed by atoms with Gasteiger partial charge in [0, 0.05) is 67.9 Å². The maximum Gasteiger partial charge on any atom is 0.407 e. The van der Waals surface area contributed by atoms with Gasteiger partial charge in [0.25, 0.3) is 0 Å². The fourth-order valence-corrected chi connectivity index (χ4v) is 5.00. The van der Waals surface area contributed by atoms with Crippen LogP contribution in [0.4, 0.5) is 26.8 Å². The van der Waals surface area contributed by atoms with Crippen molar-refractivity contribution >= 4 is 29.3 Å². The van der Waals surface area contributed by atoms with Crippen molar-refractivity contribution in [3.8, 4) is 0 Å². The molecule has 3 atom stereocenters. The van der Waals surface area contributed by atoms with E-state index >= 15 is 4.39 Å². The van der Waals surface area contributed by atoms with Crippen LogP contribution in [-0.2, 0) is 4.74 Å². The van der Waals surface area contributed by atoms with Gasteiger partial charge in [0.2, 0.25) is 5.95 Å². The lowest BCUT2D eigenvalue weighted by atomic mass is 10.0. The molecule has 11 nitrogen and oxygen atoms in total. The Hall–Kier alpha value is -3.41. The smallest absolute Gasteiger partial charge is 0.407 e. The molecule has 3 fully saturated rings. The van der Waals surface area contributed by atoms with Crippen molar-refractivity contribution in [1.29, 1.82) is 0 Å². The number of imidazole rings is 1. The van der Waals surface area contributed by atoms with Gasteiger partial charge in [-0.25, -0.2) is 14.2 Å². The number of H-pyrrole nitrogens is 1. The molecule has 1 aliphatic heterocycles. The molecule has 0 unspecified atom stereocenters. The van der Waals surface area contributed by atoms with Crippen molar-refractivity contribution in [1.82, 2.24) is 34.8 Å². The van der Waals surface area contributed by atoms with Gasteiger partial charge in [-0.2, -0.15) is 10.1 Å². The lowest BCUT2D eigenvalue weighted by molar-refractivity contribution is 0.0546. The van der Waals surface area contributed by atoms with E-state index in [1.807, 2.05) is 23.6 Å². The number of carbonyl (C=O) groups excluding carboxylic acids is 1. The van der Waals surface area contributed by atoms with E-state index < -0.39 is 24.3 Å². The Labute approximate surface area is 208 Å². The molecule has 0 radical (unpaired) electrons. The first-order chi connectivity index (χ1) is 17.4. The van der Waals surface area contributed by atoms with Gasteiger partial charge in [0.05, 0.1) is 0 Å². The van der Waals surface area contributed by atoms with Gasteiger partial charge in [-0.05, 0) is 39.7 Å². The Bertz CT molecular complexity index is 1250. The molecule has 36 heavy (non-hydrogen) atoms. The largest absolute Gasteiger partial charge is 0.443 e. The third-order valence-electron chi connectivity index (χ3n) is 7.60. The normalized spacial score (nSPS) is 25.8. The van der Waals surface area contributed by atoms with Crippen LogP contribution >= 0.6 is 0 Å². The minimum absolute atomic E-state index is 0.193. The average molecular weight is 498 g/mol. The third-order valence-corrected chi connectivity index (χ3v) is 7.60. The SMILES string of the molecule is CN1CCN(c2cc3nccn3c(Nc3cc([C@H]4CC[C@@H](OC(=O)NC5(C)CC5)[C@@H]4F)[nH]n3)n2)CC1. The number of anilines is 3. The highest BCUT2D eigenvalue weighted by Gasteiger charge is 2.43. The second-order valence-electron chi connectivity index (χ2n) is 10.5.